The molecule has 1 aromatic heterocycles. The van der Waals surface area contributed by atoms with E-state index >= 15 is 0 Å². The number of nitrogens with zero attached hydrogens (tertiary/aromatic N) is 2. The third-order valence-electron chi connectivity index (χ3n) is 4.50. The molecule has 2 N–H and O–H groups in total. The van der Waals surface area contributed by atoms with E-state index in [4.69, 9.17) is 16.3 Å². The van der Waals surface area contributed by atoms with Crippen LogP contribution < -0.4 is 15.4 Å². The van der Waals surface area contributed by atoms with Crippen LogP contribution in [0.25, 0.3) is 0 Å². The number of carbonyl (C=O) groups is 2. The zero-order chi connectivity index (χ0) is 18.8. The normalized spacial score (nSPS) is 15.8. The van der Waals surface area contributed by atoms with E-state index in [9.17, 15) is 9.59 Å². The summed E-state index contributed by atoms with van der Waals surface area (Å²) in [5.41, 5.74) is 3.17. The molecule has 2 amide bonds. The van der Waals surface area contributed by atoms with Crippen molar-refractivity contribution in [3.8, 4) is 5.75 Å². The summed E-state index contributed by atoms with van der Waals surface area (Å²) in [6, 6.07) is 5.36. The van der Waals surface area contributed by atoms with Gasteiger partial charge in [0.05, 0.1) is 29.5 Å². The molecule has 1 aromatic carbocycles. The van der Waals surface area contributed by atoms with E-state index in [-0.39, 0.29) is 30.9 Å². The first-order valence-electron chi connectivity index (χ1n) is 8.34. The Morgan fingerprint density at radius 3 is 2.85 bits per heavy atom. The van der Waals surface area contributed by atoms with Crippen LogP contribution in [0, 0.1) is 19.8 Å². The minimum Gasteiger partial charge on any atom is -0.492 e. The molecular formula is C18H21ClN4O3. The Kier molecular flexibility index (Phi) is 5.18. The number of benzene rings is 1. The molecule has 1 aliphatic rings. The van der Waals surface area contributed by atoms with E-state index in [0.717, 1.165) is 22.7 Å². The van der Waals surface area contributed by atoms with Gasteiger partial charge >= 0.3 is 0 Å². The zero-order valence-corrected chi connectivity index (χ0v) is 15.7. The molecule has 3 rings (SSSR count). The van der Waals surface area contributed by atoms with Crippen LogP contribution in [0.4, 0.5) is 5.69 Å². The average Bonchev–Trinajstić information content (AvgIpc) is 2.85. The van der Waals surface area contributed by atoms with Crippen LogP contribution in [0.2, 0.25) is 5.02 Å². The fourth-order valence-electron chi connectivity index (χ4n) is 2.98. The zero-order valence-electron chi connectivity index (χ0n) is 14.9. The first-order chi connectivity index (χ1) is 12.3. The van der Waals surface area contributed by atoms with Crippen molar-refractivity contribution in [3.63, 3.8) is 0 Å². The largest absolute Gasteiger partial charge is 0.492 e. The lowest BCUT2D eigenvalue weighted by Gasteiger charge is -2.24. The molecule has 0 fully saturated rings. The maximum absolute atomic E-state index is 12.4. The van der Waals surface area contributed by atoms with E-state index < -0.39 is 0 Å². The molecule has 1 aliphatic heterocycles. The summed E-state index contributed by atoms with van der Waals surface area (Å²) in [6.45, 7) is 3.87. The van der Waals surface area contributed by atoms with Crippen LogP contribution in [-0.4, -0.2) is 34.7 Å². The molecule has 8 heteroatoms. The van der Waals surface area contributed by atoms with Gasteiger partial charge in [-0.05, 0) is 44.0 Å². The summed E-state index contributed by atoms with van der Waals surface area (Å²) in [6.07, 6.45) is 0.532. The third kappa shape index (κ3) is 3.83. The number of aromatic nitrogens is 2. The summed E-state index contributed by atoms with van der Waals surface area (Å²) in [7, 11) is 1.81. The Labute approximate surface area is 156 Å². The van der Waals surface area contributed by atoms with Crippen LogP contribution in [0.5, 0.6) is 5.75 Å². The summed E-state index contributed by atoms with van der Waals surface area (Å²) in [5, 5.41) is 10.3. The Balaban J connectivity index is 1.55. The number of nitrogens with one attached hydrogen (secondary N) is 2. The predicted octanol–water partition coefficient (Wildman–Crippen LogP) is 2.00. The summed E-state index contributed by atoms with van der Waals surface area (Å²) >= 11 is 6.00. The van der Waals surface area contributed by atoms with Gasteiger partial charge in [0.15, 0.2) is 0 Å². The van der Waals surface area contributed by atoms with Gasteiger partial charge < -0.3 is 15.4 Å². The van der Waals surface area contributed by atoms with Crippen molar-refractivity contribution in [2.45, 2.75) is 20.3 Å². The summed E-state index contributed by atoms with van der Waals surface area (Å²) < 4.78 is 7.32. The Bertz CT molecular complexity index is 862. The molecule has 0 saturated carbocycles. The fraction of sp³-hybridized carbons (Fsp3) is 0.389. The Morgan fingerprint density at radius 2 is 2.15 bits per heavy atom. The topological polar surface area (TPSA) is 85.3 Å². The van der Waals surface area contributed by atoms with Crippen molar-refractivity contribution in [2.75, 3.05) is 18.5 Å². The van der Waals surface area contributed by atoms with Gasteiger partial charge in [-0.25, -0.2) is 0 Å². The van der Waals surface area contributed by atoms with E-state index in [1.807, 2.05) is 20.9 Å². The van der Waals surface area contributed by atoms with Gasteiger partial charge in [0, 0.05) is 12.1 Å². The van der Waals surface area contributed by atoms with Crippen molar-refractivity contribution in [1.29, 1.82) is 0 Å². The Morgan fingerprint density at radius 1 is 1.38 bits per heavy atom. The average molecular weight is 377 g/mol. The van der Waals surface area contributed by atoms with Gasteiger partial charge in [0.1, 0.15) is 12.4 Å². The predicted molar refractivity (Wildman–Crippen MR) is 98.5 cm³/mol. The van der Waals surface area contributed by atoms with Crippen molar-refractivity contribution in [3.05, 3.63) is 40.2 Å². The van der Waals surface area contributed by atoms with Crippen LogP contribution >= 0.6 is 11.6 Å². The smallest absolute Gasteiger partial charge is 0.243 e. The van der Waals surface area contributed by atoms with Gasteiger partial charge in [-0.15, -0.1) is 0 Å². The number of carbonyl (C=O) groups excluding carboxylic acids is 2. The minimum atomic E-state index is -0.351. The number of aryl methyl sites for hydroxylation is 2. The van der Waals surface area contributed by atoms with Crippen LogP contribution in [0.3, 0.4) is 0 Å². The lowest BCUT2D eigenvalue weighted by atomic mass is 9.96. The Hall–Kier alpha value is -2.54. The monoisotopic (exact) mass is 376 g/mol. The van der Waals surface area contributed by atoms with Crippen molar-refractivity contribution in [2.24, 2.45) is 13.0 Å². The van der Waals surface area contributed by atoms with Crippen LogP contribution in [0.1, 0.15) is 17.0 Å². The fourth-order valence-corrected chi connectivity index (χ4v) is 3.18. The highest BCUT2D eigenvalue weighted by atomic mass is 35.5. The first kappa shape index (κ1) is 18.3. The van der Waals surface area contributed by atoms with E-state index in [1.165, 1.54) is 0 Å². The highest BCUT2D eigenvalue weighted by molar-refractivity contribution is 6.30. The number of anilines is 1. The summed E-state index contributed by atoms with van der Waals surface area (Å²) in [5.74, 6) is -0.113. The summed E-state index contributed by atoms with van der Waals surface area (Å²) in [4.78, 5) is 24.5. The van der Waals surface area contributed by atoms with Gasteiger partial charge in [0.2, 0.25) is 11.8 Å². The van der Waals surface area contributed by atoms with Crippen molar-refractivity contribution < 1.29 is 14.3 Å². The molecule has 26 heavy (non-hydrogen) atoms. The molecule has 0 aliphatic carbocycles. The SMILES string of the molecule is Cc1nn(C)c(C)c1NC(=O)CNC(=O)[C@H]1COc2ccc(Cl)cc2C1. The molecule has 0 unspecified atom stereocenters. The van der Waals surface area contributed by atoms with E-state index in [0.29, 0.717) is 17.1 Å². The number of amides is 2. The first-order valence-corrected chi connectivity index (χ1v) is 8.72. The molecule has 138 valence electrons. The van der Waals surface area contributed by atoms with Crippen LogP contribution in [-0.2, 0) is 23.1 Å². The maximum atomic E-state index is 12.4. The molecule has 0 radical (unpaired) electrons. The number of rotatable bonds is 4. The standard InChI is InChI=1S/C18H21ClN4O3/c1-10-17(11(2)23(3)22-10)21-16(24)8-20-18(25)13-6-12-7-14(19)4-5-15(12)26-9-13/h4-5,7,13H,6,8-9H2,1-3H3,(H,20,25)(H,21,24)/t13-/m1/s1. The molecule has 1 atom stereocenters. The number of halogens is 1. The van der Waals surface area contributed by atoms with Crippen LogP contribution in [0.15, 0.2) is 18.2 Å². The molecule has 0 spiro atoms. The molecular weight excluding hydrogens is 356 g/mol. The second kappa shape index (κ2) is 7.37. The molecule has 0 bridgehead atoms. The molecule has 0 saturated heterocycles. The second-order valence-electron chi connectivity index (χ2n) is 6.40. The van der Waals surface area contributed by atoms with Gasteiger partial charge in [-0.3, -0.25) is 14.3 Å². The second-order valence-corrected chi connectivity index (χ2v) is 6.84. The quantitative estimate of drug-likeness (QED) is 0.854. The lowest BCUT2D eigenvalue weighted by molar-refractivity contribution is -0.128. The number of hydrogen-bond acceptors (Lipinski definition) is 4. The van der Waals surface area contributed by atoms with Crippen molar-refractivity contribution in [1.82, 2.24) is 15.1 Å². The van der Waals surface area contributed by atoms with Crippen molar-refractivity contribution >= 4 is 29.1 Å². The maximum Gasteiger partial charge on any atom is 0.243 e. The number of ether oxygens (including phenoxy) is 1. The van der Waals surface area contributed by atoms with Gasteiger partial charge in [-0.2, -0.15) is 5.10 Å². The highest BCUT2D eigenvalue weighted by Gasteiger charge is 2.26. The highest BCUT2D eigenvalue weighted by Crippen LogP contribution is 2.29. The number of hydrogen-bond donors (Lipinski definition) is 2. The third-order valence-corrected chi connectivity index (χ3v) is 4.73. The molecule has 2 heterocycles. The number of fused-ring (bicyclic) bond motifs is 1. The van der Waals surface area contributed by atoms with E-state index in [2.05, 4.69) is 15.7 Å². The molecule has 7 nitrogen and oxygen atoms in total. The molecule has 2 aromatic rings. The minimum absolute atomic E-state index is 0.106. The lowest BCUT2D eigenvalue weighted by Crippen LogP contribution is -2.40. The van der Waals surface area contributed by atoms with Gasteiger partial charge in [0.25, 0.3) is 0 Å². The van der Waals surface area contributed by atoms with E-state index in [1.54, 1.807) is 22.9 Å². The van der Waals surface area contributed by atoms with Gasteiger partial charge in [-0.1, -0.05) is 11.6 Å².